The maximum absolute atomic E-state index is 13.4. The van der Waals surface area contributed by atoms with E-state index in [1.165, 1.54) is 17.8 Å². The lowest BCUT2D eigenvalue weighted by atomic mass is 10.1. The SMILES string of the molecule is NC1CCOCC1Sc1ccccc1F. The molecule has 0 aliphatic carbocycles. The second-order valence-electron chi connectivity index (χ2n) is 3.61. The fourth-order valence-corrected chi connectivity index (χ4v) is 2.69. The number of nitrogens with two attached hydrogens (primary N) is 1. The average Bonchev–Trinajstić information content (AvgIpc) is 2.24. The summed E-state index contributed by atoms with van der Waals surface area (Å²) in [6, 6.07) is 6.87. The van der Waals surface area contributed by atoms with E-state index in [-0.39, 0.29) is 17.1 Å². The molecule has 1 aliphatic rings. The molecule has 82 valence electrons. The Labute approximate surface area is 93.0 Å². The minimum absolute atomic E-state index is 0.100. The molecule has 4 heteroatoms. The largest absolute Gasteiger partial charge is 0.380 e. The van der Waals surface area contributed by atoms with Gasteiger partial charge in [0, 0.05) is 22.8 Å². The Morgan fingerprint density at radius 3 is 2.93 bits per heavy atom. The van der Waals surface area contributed by atoms with Gasteiger partial charge in [-0.3, -0.25) is 0 Å². The van der Waals surface area contributed by atoms with Gasteiger partial charge in [0.25, 0.3) is 0 Å². The topological polar surface area (TPSA) is 35.2 Å². The van der Waals surface area contributed by atoms with E-state index < -0.39 is 0 Å². The van der Waals surface area contributed by atoms with Crippen molar-refractivity contribution in [2.45, 2.75) is 22.6 Å². The van der Waals surface area contributed by atoms with Crippen molar-refractivity contribution in [2.24, 2.45) is 5.73 Å². The standard InChI is InChI=1S/C11H14FNOS/c12-8-3-1-2-4-10(8)15-11-7-14-6-5-9(11)13/h1-4,9,11H,5-7,13H2. The molecule has 1 aromatic carbocycles. The molecule has 1 aliphatic heterocycles. The molecule has 15 heavy (non-hydrogen) atoms. The van der Waals surface area contributed by atoms with Gasteiger partial charge in [0.15, 0.2) is 0 Å². The van der Waals surface area contributed by atoms with E-state index in [9.17, 15) is 4.39 Å². The molecule has 2 atom stereocenters. The van der Waals surface area contributed by atoms with Crippen LogP contribution in [0.25, 0.3) is 0 Å². The lowest BCUT2D eigenvalue weighted by Crippen LogP contribution is -2.40. The van der Waals surface area contributed by atoms with Crippen LogP contribution >= 0.6 is 11.8 Å². The highest BCUT2D eigenvalue weighted by Gasteiger charge is 2.24. The number of rotatable bonds is 2. The molecule has 1 fully saturated rings. The van der Waals surface area contributed by atoms with Crippen molar-refractivity contribution in [2.75, 3.05) is 13.2 Å². The van der Waals surface area contributed by atoms with Crippen molar-refractivity contribution >= 4 is 11.8 Å². The van der Waals surface area contributed by atoms with E-state index >= 15 is 0 Å². The van der Waals surface area contributed by atoms with Crippen molar-refractivity contribution in [1.82, 2.24) is 0 Å². The van der Waals surface area contributed by atoms with E-state index in [0.29, 0.717) is 11.5 Å². The van der Waals surface area contributed by atoms with Crippen LogP contribution in [0.1, 0.15) is 6.42 Å². The Hall–Kier alpha value is -0.580. The van der Waals surface area contributed by atoms with E-state index in [2.05, 4.69) is 0 Å². The Bertz CT molecular complexity index is 334. The van der Waals surface area contributed by atoms with Gasteiger partial charge in [-0.15, -0.1) is 11.8 Å². The van der Waals surface area contributed by atoms with Crippen molar-refractivity contribution in [1.29, 1.82) is 0 Å². The molecule has 1 saturated heterocycles. The summed E-state index contributed by atoms with van der Waals surface area (Å²) in [5.74, 6) is -0.180. The van der Waals surface area contributed by atoms with Crippen LogP contribution in [-0.2, 0) is 4.74 Å². The van der Waals surface area contributed by atoms with Crippen LogP contribution in [0, 0.1) is 5.82 Å². The highest BCUT2D eigenvalue weighted by atomic mass is 32.2. The second-order valence-corrected chi connectivity index (χ2v) is 4.90. The molecule has 2 nitrogen and oxygen atoms in total. The van der Waals surface area contributed by atoms with Crippen LogP contribution in [0.3, 0.4) is 0 Å². The van der Waals surface area contributed by atoms with Gasteiger partial charge in [-0.1, -0.05) is 12.1 Å². The van der Waals surface area contributed by atoms with E-state index in [0.717, 1.165) is 13.0 Å². The Morgan fingerprint density at radius 2 is 2.20 bits per heavy atom. The van der Waals surface area contributed by atoms with Gasteiger partial charge < -0.3 is 10.5 Å². The summed E-state index contributed by atoms with van der Waals surface area (Å²) in [7, 11) is 0. The zero-order valence-electron chi connectivity index (χ0n) is 8.36. The maximum atomic E-state index is 13.4. The van der Waals surface area contributed by atoms with Crippen molar-refractivity contribution in [3.05, 3.63) is 30.1 Å². The Kier molecular flexibility index (Phi) is 3.61. The molecule has 0 radical (unpaired) electrons. The highest BCUT2D eigenvalue weighted by Crippen LogP contribution is 2.29. The first kappa shape index (κ1) is 10.9. The number of halogens is 1. The third-order valence-corrected chi connectivity index (χ3v) is 3.84. The molecule has 0 saturated carbocycles. The minimum atomic E-state index is -0.180. The van der Waals surface area contributed by atoms with Crippen LogP contribution < -0.4 is 5.73 Å². The lowest BCUT2D eigenvalue weighted by molar-refractivity contribution is 0.0915. The summed E-state index contributed by atoms with van der Waals surface area (Å²) in [6.07, 6.45) is 0.853. The van der Waals surface area contributed by atoms with E-state index in [1.54, 1.807) is 12.1 Å². The van der Waals surface area contributed by atoms with Gasteiger partial charge in [0.1, 0.15) is 5.82 Å². The third-order valence-electron chi connectivity index (χ3n) is 2.47. The number of thioether (sulfide) groups is 1. The third kappa shape index (κ3) is 2.71. The first-order valence-corrected chi connectivity index (χ1v) is 5.90. The van der Waals surface area contributed by atoms with Crippen molar-refractivity contribution in [3.63, 3.8) is 0 Å². The first-order valence-electron chi connectivity index (χ1n) is 5.02. The monoisotopic (exact) mass is 227 g/mol. The smallest absolute Gasteiger partial charge is 0.136 e. The zero-order chi connectivity index (χ0) is 10.7. The number of hydrogen-bond donors (Lipinski definition) is 1. The average molecular weight is 227 g/mol. The molecule has 0 bridgehead atoms. The van der Waals surface area contributed by atoms with Crippen LogP contribution in [0.2, 0.25) is 0 Å². The minimum Gasteiger partial charge on any atom is -0.380 e. The fraction of sp³-hybridized carbons (Fsp3) is 0.455. The zero-order valence-corrected chi connectivity index (χ0v) is 9.17. The molecule has 2 N–H and O–H groups in total. The highest BCUT2D eigenvalue weighted by molar-refractivity contribution is 8.00. The second kappa shape index (κ2) is 4.96. The predicted molar refractivity (Wildman–Crippen MR) is 59.5 cm³/mol. The summed E-state index contributed by atoms with van der Waals surface area (Å²) < 4.78 is 18.7. The number of hydrogen-bond acceptors (Lipinski definition) is 3. The molecule has 0 aromatic heterocycles. The summed E-state index contributed by atoms with van der Waals surface area (Å²) in [5, 5.41) is 0.163. The fourth-order valence-electron chi connectivity index (χ4n) is 1.55. The van der Waals surface area contributed by atoms with Gasteiger partial charge in [-0.25, -0.2) is 4.39 Å². The molecule has 1 heterocycles. The first-order chi connectivity index (χ1) is 7.27. The Balaban J connectivity index is 2.04. The van der Waals surface area contributed by atoms with Crippen LogP contribution in [-0.4, -0.2) is 24.5 Å². The van der Waals surface area contributed by atoms with Crippen molar-refractivity contribution < 1.29 is 9.13 Å². The number of benzene rings is 1. The summed E-state index contributed by atoms with van der Waals surface area (Å²) in [6.45, 7) is 1.33. The molecular formula is C11H14FNOS. The molecule has 2 rings (SSSR count). The molecule has 0 amide bonds. The summed E-state index contributed by atoms with van der Waals surface area (Å²) in [4.78, 5) is 0.656. The van der Waals surface area contributed by atoms with Crippen LogP contribution in [0.15, 0.2) is 29.2 Å². The Morgan fingerprint density at radius 1 is 1.40 bits per heavy atom. The molecule has 1 aromatic rings. The number of ether oxygens (including phenoxy) is 1. The quantitative estimate of drug-likeness (QED) is 0.839. The van der Waals surface area contributed by atoms with E-state index in [4.69, 9.17) is 10.5 Å². The maximum Gasteiger partial charge on any atom is 0.136 e. The van der Waals surface area contributed by atoms with Crippen LogP contribution in [0.5, 0.6) is 0 Å². The van der Waals surface area contributed by atoms with Gasteiger partial charge in [-0.2, -0.15) is 0 Å². The van der Waals surface area contributed by atoms with E-state index in [1.807, 2.05) is 6.07 Å². The van der Waals surface area contributed by atoms with Gasteiger partial charge in [0.2, 0.25) is 0 Å². The molecule has 2 unspecified atom stereocenters. The van der Waals surface area contributed by atoms with Gasteiger partial charge in [0.05, 0.1) is 6.61 Å². The lowest BCUT2D eigenvalue weighted by Gasteiger charge is -2.28. The van der Waals surface area contributed by atoms with Gasteiger partial charge in [-0.05, 0) is 18.6 Å². The van der Waals surface area contributed by atoms with Crippen LogP contribution in [0.4, 0.5) is 4.39 Å². The molecular weight excluding hydrogens is 213 g/mol. The molecule has 0 spiro atoms. The summed E-state index contributed by atoms with van der Waals surface area (Å²) in [5.41, 5.74) is 5.95. The van der Waals surface area contributed by atoms with Crippen molar-refractivity contribution in [3.8, 4) is 0 Å². The normalized spacial score (nSPS) is 26.5. The predicted octanol–water partition coefficient (Wildman–Crippen LogP) is 2.03. The summed E-state index contributed by atoms with van der Waals surface area (Å²) >= 11 is 1.47. The van der Waals surface area contributed by atoms with Gasteiger partial charge >= 0.3 is 0 Å².